The zero-order valence-corrected chi connectivity index (χ0v) is 8.90. The molecule has 86 valence electrons. The van der Waals surface area contributed by atoms with Crippen LogP contribution in [-0.2, 0) is 0 Å². The highest BCUT2D eigenvalue weighted by atomic mass is 16.6. The highest BCUT2D eigenvalue weighted by Gasteiger charge is 2.13. The third kappa shape index (κ3) is 1.89. The molecule has 1 aromatic carbocycles. The highest BCUT2D eigenvalue weighted by Crippen LogP contribution is 2.20. The third-order valence-corrected chi connectivity index (χ3v) is 2.33. The summed E-state index contributed by atoms with van der Waals surface area (Å²) in [7, 11) is 0. The lowest BCUT2D eigenvalue weighted by molar-refractivity contribution is -0.384. The van der Waals surface area contributed by atoms with Gasteiger partial charge in [-0.25, -0.2) is 4.68 Å². The van der Waals surface area contributed by atoms with Crippen LogP contribution in [0.2, 0.25) is 0 Å². The van der Waals surface area contributed by atoms with Gasteiger partial charge in [-0.2, -0.15) is 0 Å². The van der Waals surface area contributed by atoms with Crippen LogP contribution in [0.4, 0.5) is 5.69 Å². The van der Waals surface area contributed by atoms with Crippen molar-refractivity contribution in [2.24, 2.45) is 0 Å². The van der Waals surface area contributed by atoms with Gasteiger partial charge in [0.25, 0.3) is 5.69 Å². The normalized spacial score (nSPS) is 10.2. The predicted molar refractivity (Wildman–Crippen MR) is 58.1 cm³/mol. The number of aryl methyl sites for hydroxylation is 1. The molecule has 1 heterocycles. The number of rotatable bonds is 3. The maximum absolute atomic E-state index is 10.8. The fourth-order valence-electron chi connectivity index (χ4n) is 1.45. The molecular formula is C10H8N4O3. The van der Waals surface area contributed by atoms with E-state index in [4.69, 9.17) is 0 Å². The van der Waals surface area contributed by atoms with Crippen LogP contribution >= 0.6 is 0 Å². The smallest absolute Gasteiger partial charge is 0.271 e. The van der Waals surface area contributed by atoms with Gasteiger partial charge in [0.1, 0.15) is 5.69 Å². The van der Waals surface area contributed by atoms with Crippen molar-refractivity contribution in [1.82, 2.24) is 15.0 Å². The van der Waals surface area contributed by atoms with Crippen LogP contribution in [0.5, 0.6) is 0 Å². The predicted octanol–water partition coefficient (Wildman–Crippen LogP) is 1.30. The van der Waals surface area contributed by atoms with Gasteiger partial charge in [0.15, 0.2) is 6.29 Å². The summed E-state index contributed by atoms with van der Waals surface area (Å²) in [6, 6.07) is 4.36. The van der Waals surface area contributed by atoms with Gasteiger partial charge < -0.3 is 0 Å². The van der Waals surface area contributed by atoms with Gasteiger partial charge in [-0.1, -0.05) is 11.3 Å². The molecule has 0 saturated carbocycles. The van der Waals surface area contributed by atoms with E-state index in [-0.39, 0.29) is 11.4 Å². The Kier molecular flexibility index (Phi) is 2.65. The maximum Gasteiger partial charge on any atom is 0.271 e. The van der Waals surface area contributed by atoms with Crippen LogP contribution in [0.25, 0.3) is 5.69 Å². The lowest BCUT2D eigenvalue weighted by Gasteiger charge is -2.05. The summed E-state index contributed by atoms with van der Waals surface area (Å²) in [5, 5.41) is 18.0. The Bertz CT molecular complexity index is 591. The first-order valence-electron chi connectivity index (χ1n) is 4.75. The molecule has 0 fully saturated rings. The van der Waals surface area contributed by atoms with Crippen molar-refractivity contribution >= 4 is 12.0 Å². The van der Waals surface area contributed by atoms with Crippen molar-refractivity contribution in [1.29, 1.82) is 0 Å². The van der Waals surface area contributed by atoms with Gasteiger partial charge in [-0.05, 0) is 12.5 Å². The van der Waals surface area contributed by atoms with E-state index in [1.165, 1.54) is 23.0 Å². The largest absolute Gasteiger partial charge is 0.296 e. The van der Waals surface area contributed by atoms with E-state index >= 15 is 0 Å². The Morgan fingerprint density at radius 2 is 2.24 bits per heavy atom. The highest BCUT2D eigenvalue weighted by molar-refractivity contribution is 5.73. The van der Waals surface area contributed by atoms with Crippen molar-refractivity contribution in [3.8, 4) is 5.69 Å². The molecule has 0 atom stereocenters. The van der Waals surface area contributed by atoms with E-state index in [0.29, 0.717) is 12.0 Å². The Morgan fingerprint density at radius 3 is 2.88 bits per heavy atom. The molecule has 0 aliphatic heterocycles. The van der Waals surface area contributed by atoms with Crippen molar-refractivity contribution < 1.29 is 9.72 Å². The molecule has 0 unspecified atom stereocenters. The molecule has 0 spiro atoms. The number of aromatic nitrogens is 3. The van der Waals surface area contributed by atoms with E-state index in [9.17, 15) is 14.9 Å². The van der Waals surface area contributed by atoms with Crippen LogP contribution in [-0.4, -0.2) is 26.2 Å². The number of hydrogen-bond acceptors (Lipinski definition) is 5. The van der Waals surface area contributed by atoms with Crippen molar-refractivity contribution in [3.05, 3.63) is 45.8 Å². The summed E-state index contributed by atoms with van der Waals surface area (Å²) in [6.45, 7) is 1.77. The molecule has 7 heteroatoms. The van der Waals surface area contributed by atoms with Gasteiger partial charge in [0, 0.05) is 12.1 Å². The first kappa shape index (κ1) is 10.9. The molecule has 0 amide bonds. The molecule has 0 N–H and O–H groups in total. The van der Waals surface area contributed by atoms with E-state index in [0.717, 1.165) is 5.56 Å². The van der Waals surface area contributed by atoms with E-state index < -0.39 is 4.92 Å². The van der Waals surface area contributed by atoms with Crippen molar-refractivity contribution in [3.63, 3.8) is 0 Å². The number of nitro benzene ring substituents is 1. The van der Waals surface area contributed by atoms with Gasteiger partial charge in [0.2, 0.25) is 0 Å². The summed E-state index contributed by atoms with van der Waals surface area (Å²) in [4.78, 5) is 20.9. The number of benzene rings is 1. The topological polar surface area (TPSA) is 90.9 Å². The third-order valence-electron chi connectivity index (χ3n) is 2.33. The number of non-ortho nitro benzene ring substituents is 1. The molecule has 2 rings (SSSR count). The van der Waals surface area contributed by atoms with E-state index in [2.05, 4.69) is 10.3 Å². The zero-order chi connectivity index (χ0) is 12.4. The lowest BCUT2D eigenvalue weighted by atomic mass is 10.2. The van der Waals surface area contributed by atoms with Gasteiger partial charge in [-0.3, -0.25) is 14.9 Å². The number of carbonyl (C=O) groups is 1. The van der Waals surface area contributed by atoms with E-state index in [1.807, 2.05) is 0 Å². The molecule has 7 nitrogen and oxygen atoms in total. The summed E-state index contributed by atoms with van der Waals surface area (Å²) in [5.41, 5.74) is 1.43. The molecule has 17 heavy (non-hydrogen) atoms. The Balaban J connectivity index is 2.62. The zero-order valence-electron chi connectivity index (χ0n) is 8.90. The second-order valence-corrected chi connectivity index (χ2v) is 3.42. The Hall–Kier alpha value is -2.57. The number of aldehydes is 1. The van der Waals surface area contributed by atoms with Crippen molar-refractivity contribution in [2.75, 3.05) is 0 Å². The number of carbonyl (C=O) groups excluding carboxylic acids is 1. The van der Waals surface area contributed by atoms with Crippen LogP contribution in [0.15, 0.2) is 24.4 Å². The Labute approximate surface area is 95.8 Å². The molecule has 1 aromatic heterocycles. The number of nitrogens with zero attached hydrogens (tertiary/aromatic N) is 4. The average Bonchev–Trinajstić information content (AvgIpc) is 2.77. The molecule has 0 aliphatic carbocycles. The quantitative estimate of drug-likeness (QED) is 0.451. The standard InChI is InChI=1S/C10H8N4O3/c1-7-2-3-8(14(16)17)4-10(7)13-9(6-15)5-11-12-13/h2-6H,1H3. The minimum atomic E-state index is -0.500. The molecule has 0 bridgehead atoms. The second kappa shape index (κ2) is 4.12. The molecule has 0 aliphatic rings. The summed E-state index contributed by atoms with van der Waals surface area (Å²) < 4.78 is 1.27. The van der Waals surface area contributed by atoms with Gasteiger partial charge in [-0.15, -0.1) is 5.10 Å². The number of hydrogen-bond donors (Lipinski definition) is 0. The van der Waals surface area contributed by atoms with E-state index in [1.54, 1.807) is 13.0 Å². The maximum atomic E-state index is 10.8. The number of nitro groups is 1. The summed E-state index contributed by atoms with van der Waals surface area (Å²) in [5.74, 6) is 0. The minimum Gasteiger partial charge on any atom is -0.296 e. The monoisotopic (exact) mass is 232 g/mol. The first-order valence-corrected chi connectivity index (χ1v) is 4.75. The first-order chi connectivity index (χ1) is 8.13. The SMILES string of the molecule is Cc1ccc([N+](=O)[O-])cc1-n1nncc1C=O. The summed E-state index contributed by atoms with van der Waals surface area (Å²) in [6.07, 6.45) is 1.89. The molecule has 0 radical (unpaired) electrons. The lowest BCUT2D eigenvalue weighted by Crippen LogP contribution is -2.04. The Morgan fingerprint density at radius 1 is 1.47 bits per heavy atom. The minimum absolute atomic E-state index is 0.0575. The molecule has 0 saturated heterocycles. The van der Waals surface area contributed by atoms with Gasteiger partial charge >= 0.3 is 0 Å². The average molecular weight is 232 g/mol. The van der Waals surface area contributed by atoms with Crippen LogP contribution in [0.1, 0.15) is 16.1 Å². The van der Waals surface area contributed by atoms with Crippen molar-refractivity contribution in [2.45, 2.75) is 6.92 Å². The second-order valence-electron chi connectivity index (χ2n) is 3.42. The fraction of sp³-hybridized carbons (Fsp3) is 0.100. The fourth-order valence-corrected chi connectivity index (χ4v) is 1.45. The molecule has 2 aromatic rings. The van der Waals surface area contributed by atoms with Gasteiger partial charge in [0.05, 0.1) is 16.8 Å². The van der Waals surface area contributed by atoms with Crippen LogP contribution in [0.3, 0.4) is 0 Å². The van der Waals surface area contributed by atoms with Crippen LogP contribution in [0, 0.1) is 17.0 Å². The summed E-state index contributed by atoms with van der Waals surface area (Å²) >= 11 is 0. The molecular weight excluding hydrogens is 224 g/mol. The van der Waals surface area contributed by atoms with Crippen LogP contribution < -0.4 is 0 Å².